The molecule has 7 nitrogen and oxygen atoms in total. The van der Waals surface area contributed by atoms with Crippen molar-refractivity contribution in [3.8, 4) is 0 Å². The number of benzene rings is 2. The van der Waals surface area contributed by atoms with Crippen molar-refractivity contribution in [2.45, 2.75) is 85.0 Å². The molecule has 1 fully saturated rings. The van der Waals surface area contributed by atoms with E-state index in [1.807, 2.05) is 63.2 Å². The number of alkyl carbamates (subject to hydrolysis) is 1. The zero-order valence-corrected chi connectivity index (χ0v) is 21.8. The summed E-state index contributed by atoms with van der Waals surface area (Å²) in [4.78, 5) is 41.6. The Balaban J connectivity index is 1.97. The molecular weight excluding hydrogens is 442 g/mol. The summed E-state index contributed by atoms with van der Waals surface area (Å²) in [5.41, 5.74) is 3.66. The highest BCUT2D eigenvalue weighted by molar-refractivity contribution is 5.99. The van der Waals surface area contributed by atoms with Gasteiger partial charge in [0.25, 0.3) is 5.91 Å². The van der Waals surface area contributed by atoms with Crippen LogP contribution >= 0.6 is 0 Å². The third kappa shape index (κ3) is 6.84. The molecule has 2 unspecified atom stereocenters. The van der Waals surface area contributed by atoms with E-state index in [9.17, 15) is 14.4 Å². The van der Waals surface area contributed by atoms with Crippen LogP contribution < -0.4 is 10.6 Å². The van der Waals surface area contributed by atoms with Crippen LogP contribution in [0.1, 0.15) is 68.8 Å². The monoisotopic (exact) mass is 479 g/mol. The topological polar surface area (TPSA) is 87.7 Å². The van der Waals surface area contributed by atoms with Gasteiger partial charge in [-0.2, -0.15) is 0 Å². The van der Waals surface area contributed by atoms with Crippen molar-refractivity contribution in [2.24, 2.45) is 0 Å². The van der Waals surface area contributed by atoms with Gasteiger partial charge < -0.3 is 20.3 Å². The van der Waals surface area contributed by atoms with Gasteiger partial charge >= 0.3 is 6.09 Å². The second-order valence-corrected chi connectivity index (χ2v) is 10.4. The van der Waals surface area contributed by atoms with Gasteiger partial charge in [-0.1, -0.05) is 42.0 Å². The minimum absolute atomic E-state index is 0.0714. The van der Waals surface area contributed by atoms with Gasteiger partial charge in [0.05, 0.1) is 0 Å². The Hall–Kier alpha value is -3.35. The number of nitrogens with zero attached hydrogens (tertiary/aromatic N) is 1. The predicted octanol–water partition coefficient (Wildman–Crippen LogP) is 5.20. The smallest absolute Gasteiger partial charge is 0.408 e. The quantitative estimate of drug-likeness (QED) is 0.572. The molecule has 1 saturated carbocycles. The Morgan fingerprint density at radius 3 is 2.26 bits per heavy atom. The summed E-state index contributed by atoms with van der Waals surface area (Å²) in [5.74, 6) is -0.595. The van der Waals surface area contributed by atoms with Crippen LogP contribution in [0.3, 0.4) is 0 Å². The lowest BCUT2D eigenvalue weighted by Gasteiger charge is -2.34. The molecule has 0 aromatic heterocycles. The fourth-order valence-corrected chi connectivity index (χ4v) is 4.03. The SMILES string of the molecule is Cc1ccc(C)c(C(C(=O)Nc2ccccc2C)N(C(=O)C(C)NC(=O)OC(C)(C)C)C2CC2)c1. The van der Waals surface area contributed by atoms with Crippen molar-refractivity contribution in [2.75, 3.05) is 5.32 Å². The van der Waals surface area contributed by atoms with Crippen LogP contribution in [-0.2, 0) is 14.3 Å². The van der Waals surface area contributed by atoms with E-state index in [2.05, 4.69) is 10.6 Å². The number of carbonyl (C=O) groups excluding carboxylic acids is 3. The third-order valence-corrected chi connectivity index (χ3v) is 5.96. The number of rotatable bonds is 7. The zero-order valence-electron chi connectivity index (χ0n) is 21.8. The maximum Gasteiger partial charge on any atom is 0.408 e. The molecule has 0 saturated heterocycles. The van der Waals surface area contributed by atoms with Crippen LogP contribution in [0.5, 0.6) is 0 Å². The van der Waals surface area contributed by atoms with Gasteiger partial charge in [0.15, 0.2) is 0 Å². The van der Waals surface area contributed by atoms with Crippen molar-refractivity contribution < 1.29 is 19.1 Å². The van der Waals surface area contributed by atoms with Gasteiger partial charge in [-0.05, 0) is 84.1 Å². The van der Waals surface area contributed by atoms with E-state index in [1.54, 1.807) is 32.6 Å². The number of amides is 3. The van der Waals surface area contributed by atoms with Crippen molar-refractivity contribution in [1.29, 1.82) is 0 Å². The summed E-state index contributed by atoms with van der Waals surface area (Å²) in [6, 6.07) is 11.7. The standard InChI is InChI=1S/C28H37N3O4/c1-17-12-13-18(2)22(16-17)24(25(32)30-23-11-9-8-10-19(23)3)31(21-14-15-21)26(33)20(4)29-27(34)35-28(5,6)7/h8-13,16,20-21,24H,14-15H2,1-7H3,(H,29,34)(H,30,32). The molecule has 0 radical (unpaired) electrons. The summed E-state index contributed by atoms with van der Waals surface area (Å²) >= 11 is 0. The molecular formula is C28H37N3O4. The minimum Gasteiger partial charge on any atom is -0.444 e. The summed E-state index contributed by atoms with van der Waals surface area (Å²) in [6.07, 6.45) is 0.954. The maximum atomic E-state index is 13.8. The molecule has 2 atom stereocenters. The Morgan fingerprint density at radius 2 is 1.66 bits per heavy atom. The number of anilines is 1. The van der Waals surface area contributed by atoms with E-state index < -0.39 is 23.8 Å². The lowest BCUT2D eigenvalue weighted by atomic mass is 9.96. The lowest BCUT2D eigenvalue weighted by molar-refractivity contribution is -0.141. The summed E-state index contributed by atoms with van der Waals surface area (Å²) in [5, 5.41) is 5.68. The van der Waals surface area contributed by atoms with Crippen molar-refractivity contribution in [1.82, 2.24) is 10.2 Å². The third-order valence-electron chi connectivity index (χ3n) is 5.96. The molecule has 1 aliphatic carbocycles. The molecule has 2 aromatic rings. The Labute approximate surface area is 208 Å². The van der Waals surface area contributed by atoms with Gasteiger partial charge in [0, 0.05) is 11.7 Å². The van der Waals surface area contributed by atoms with E-state index in [0.29, 0.717) is 5.69 Å². The largest absolute Gasteiger partial charge is 0.444 e. The van der Waals surface area contributed by atoms with Gasteiger partial charge in [-0.3, -0.25) is 9.59 Å². The molecule has 1 aliphatic rings. The highest BCUT2D eigenvalue weighted by atomic mass is 16.6. The molecule has 2 N–H and O–H groups in total. The van der Waals surface area contributed by atoms with E-state index >= 15 is 0 Å². The second-order valence-electron chi connectivity index (χ2n) is 10.4. The van der Waals surface area contributed by atoms with Crippen LogP contribution in [0.4, 0.5) is 10.5 Å². The van der Waals surface area contributed by atoms with Crippen LogP contribution in [0, 0.1) is 20.8 Å². The summed E-state index contributed by atoms with van der Waals surface area (Å²) < 4.78 is 5.33. The first-order valence-corrected chi connectivity index (χ1v) is 12.1. The second kappa shape index (κ2) is 10.5. The van der Waals surface area contributed by atoms with Crippen molar-refractivity contribution in [3.63, 3.8) is 0 Å². The van der Waals surface area contributed by atoms with Gasteiger partial charge in [0.1, 0.15) is 17.7 Å². The van der Waals surface area contributed by atoms with Crippen LogP contribution in [0.25, 0.3) is 0 Å². The molecule has 0 bridgehead atoms. The summed E-state index contributed by atoms with van der Waals surface area (Å²) in [7, 11) is 0. The Morgan fingerprint density at radius 1 is 1.00 bits per heavy atom. The molecule has 0 heterocycles. The lowest BCUT2D eigenvalue weighted by Crippen LogP contribution is -2.52. The highest BCUT2D eigenvalue weighted by Crippen LogP contribution is 2.37. The molecule has 188 valence electrons. The number of para-hydroxylation sites is 1. The fraction of sp³-hybridized carbons (Fsp3) is 0.464. The maximum absolute atomic E-state index is 13.8. The number of ether oxygens (including phenoxy) is 1. The van der Waals surface area contributed by atoms with Gasteiger partial charge in [-0.15, -0.1) is 0 Å². The number of carbonyl (C=O) groups is 3. The van der Waals surface area contributed by atoms with Crippen molar-refractivity contribution in [3.05, 3.63) is 64.7 Å². The summed E-state index contributed by atoms with van der Waals surface area (Å²) in [6.45, 7) is 12.8. The normalized spacial score (nSPS) is 15.1. The van der Waals surface area contributed by atoms with E-state index in [1.165, 1.54) is 0 Å². The van der Waals surface area contributed by atoms with Crippen LogP contribution in [-0.4, -0.2) is 40.5 Å². The average molecular weight is 480 g/mol. The van der Waals surface area contributed by atoms with E-state index in [4.69, 9.17) is 4.74 Å². The zero-order chi connectivity index (χ0) is 25.9. The van der Waals surface area contributed by atoms with E-state index in [-0.39, 0.29) is 17.9 Å². The first-order valence-electron chi connectivity index (χ1n) is 12.1. The highest BCUT2D eigenvalue weighted by Gasteiger charge is 2.43. The number of aryl methyl sites for hydroxylation is 3. The number of nitrogens with one attached hydrogen (secondary N) is 2. The molecule has 35 heavy (non-hydrogen) atoms. The van der Waals surface area contributed by atoms with Gasteiger partial charge in [-0.25, -0.2) is 4.79 Å². The Bertz CT molecular complexity index is 1100. The minimum atomic E-state index is -0.857. The first kappa shape index (κ1) is 26.3. The predicted molar refractivity (Wildman–Crippen MR) is 137 cm³/mol. The molecule has 2 aromatic carbocycles. The van der Waals surface area contributed by atoms with Gasteiger partial charge in [0.2, 0.25) is 5.91 Å². The fourth-order valence-electron chi connectivity index (χ4n) is 4.03. The molecule has 0 spiro atoms. The van der Waals surface area contributed by atoms with Crippen LogP contribution in [0.2, 0.25) is 0 Å². The van der Waals surface area contributed by atoms with Crippen molar-refractivity contribution >= 4 is 23.6 Å². The Kier molecular flexibility index (Phi) is 7.88. The average Bonchev–Trinajstić information content (AvgIpc) is 3.58. The van der Waals surface area contributed by atoms with Crippen LogP contribution in [0.15, 0.2) is 42.5 Å². The number of hydrogen-bond acceptors (Lipinski definition) is 4. The molecule has 0 aliphatic heterocycles. The first-order chi connectivity index (χ1) is 16.4. The number of hydrogen-bond donors (Lipinski definition) is 2. The molecule has 3 rings (SSSR count). The molecule has 7 heteroatoms. The molecule has 3 amide bonds. The van der Waals surface area contributed by atoms with E-state index in [0.717, 1.165) is 35.1 Å².